The summed E-state index contributed by atoms with van der Waals surface area (Å²) in [6.45, 7) is 5.55. The summed E-state index contributed by atoms with van der Waals surface area (Å²) in [5.41, 5.74) is 5.77. The number of hydrogen-bond donors (Lipinski definition) is 0. The quantitative estimate of drug-likeness (QED) is 0.448. The molecule has 0 saturated heterocycles. The fourth-order valence-corrected chi connectivity index (χ4v) is 3.55. The van der Waals surface area contributed by atoms with Gasteiger partial charge in [0.05, 0.1) is 6.61 Å². The topological polar surface area (TPSA) is 27.1 Å². The summed E-state index contributed by atoms with van der Waals surface area (Å²) in [5, 5.41) is 1.17. The largest absolute Gasteiger partial charge is 0.476 e. The van der Waals surface area contributed by atoms with Crippen LogP contribution < -0.4 is 4.74 Å². The minimum Gasteiger partial charge on any atom is -0.476 e. The van der Waals surface area contributed by atoms with E-state index in [4.69, 9.17) is 4.74 Å². The molecule has 142 valence electrons. The second-order valence-corrected chi connectivity index (χ2v) is 7.02. The van der Waals surface area contributed by atoms with Crippen LogP contribution >= 0.6 is 0 Å². The standard InChI is InChI=1S/C24H23FN2O/c1-17-18(2)27(16-20-6-4-3-5-7-20)23-22(17)12-14-26-24(23)28-15-13-19-8-10-21(25)11-9-19/h3-12,14H,13,15-16H2,1-2H3. The number of hydrogen-bond acceptors (Lipinski definition) is 2. The lowest BCUT2D eigenvalue weighted by Gasteiger charge is -2.12. The number of aromatic nitrogens is 2. The molecule has 0 N–H and O–H groups in total. The fourth-order valence-electron chi connectivity index (χ4n) is 3.55. The highest BCUT2D eigenvalue weighted by Gasteiger charge is 2.16. The Labute approximate surface area is 164 Å². The first-order chi connectivity index (χ1) is 13.6. The van der Waals surface area contributed by atoms with E-state index in [2.05, 4.69) is 47.7 Å². The average molecular weight is 374 g/mol. The highest BCUT2D eigenvalue weighted by Crippen LogP contribution is 2.31. The van der Waals surface area contributed by atoms with Crippen molar-refractivity contribution >= 4 is 10.9 Å². The molecule has 0 radical (unpaired) electrons. The van der Waals surface area contributed by atoms with Crippen LogP contribution in [-0.2, 0) is 13.0 Å². The van der Waals surface area contributed by atoms with Crippen LogP contribution in [0.5, 0.6) is 5.88 Å². The molecule has 28 heavy (non-hydrogen) atoms. The van der Waals surface area contributed by atoms with E-state index in [0.29, 0.717) is 18.9 Å². The van der Waals surface area contributed by atoms with Crippen molar-refractivity contribution in [2.24, 2.45) is 0 Å². The SMILES string of the molecule is Cc1c(C)n(Cc2ccccc2)c2c(OCCc3ccc(F)cc3)nccc12. The van der Waals surface area contributed by atoms with E-state index in [1.54, 1.807) is 18.3 Å². The predicted octanol–water partition coefficient (Wildman–Crippen LogP) is 5.46. The molecule has 0 saturated carbocycles. The molecule has 4 aromatic rings. The monoisotopic (exact) mass is 374 g/mol. The van der Waals surface area contributed by atoms with Crippen LogP contribution in [-0.4, -0.2) is 16.2 Å². The Morgan fingerprint density at radius 3 is 2.43 bits per heavy atom. The normalized spacial score (nSPS) is 11.1. The maximum absolute atomic E-state index is 13.1. The molecule has 3 nitrogen and oxygen atoms in total. The van der Waals surface area contributed by atoms with Gasteiger partial charge in [-0.1, -0.05) is 42.5 Å². The van der Waals surface area contributed by atoms with Gasteiger partial charge in [-0.2, -0.15) is 0 Å². The van der Waals surface area contributed by atoms with Crippen LogP contribution in [0.3, 0.4) is 0 Å². The summed E-state index contributed by atoms with van der Waals surface area (Å²) in [5.74, 6) is 0.424. The van der Waals surface area contributed by atoms with Crippen molar-refractivity contribution in [3.63, 3.8) is 0 Å². The predicted molar refractivity (Wildman–Crippen MR) is 110 cm³/mol. The first-order valence-corrected chi connectivity index (χ1v) is 9.49. The van der Waals surface area contributed by atoms with Gasteiger partial charge in [-0.25, -0.2) is 9.37 Å². The zero-order chi connectivity index (χ0) is 19.5. The van der Waals surface area contributed by atoms with Crippen molar-refractivity contribution in [3.8, 4) is 5.88 Å². The van der Waals surface area contributed by atoms with Gasteiger partial charge in [0.2, 0.25) is 5.88 Å². The molecule has 0 fully saturated rings. The number of benzene rings is 2. The molecule has 0 atom stereocenters. The summed E-state index contributed by atoms with van der Waals surface area (Å²) in [6, 6.07) is 19.0. The lowest BCUT2D eigenvalue weighted by atomic mass is 10.1. The highest BCUT2D eigenvalue weighted by atomic mass is 19.1. The van der Waals surface area contributed by atoms with E-state index in [-0.39, 0.29) is 5.82 Å². The van der Waals surface area contributed by atoms with E-state index in [1.165, 1.54) is 34.3 Å². The maximum Gasteiger partial charge on any atom is 0.238 e. The molecule has 0 spiro atoms. The molecule has 4 heteroatoms. The van der Waals surface area contributed by atoms with Crippen molar-refractivity contribution in [1.29, 1.82) is 0 Å². The molecular weight excluding hydrogens is 351 g/mol. The zero-order valence-corrected chi connectivity index (χ0v) is 16.2. The van der Waals surface area contributed by atoms with E-state index in [1.807, 2.05) is 12.1 Å². The summed E-state index contributed by atoms with van der Waals surface area (Å²) < 4.78 is 21.4. The van der Waals surface area contributed by atoms with Gasteiger partial charge in [-0.3, -0.25) is 0 Å². The minimum atomic E-state index is -0.221. The lowest BCUT2D eigenvalue weighted by molar-refractivity contribution is 0.312. The van der Waals surface area contributed by atoms with Crippen molar-refractivity contribution in [2.45, 2.75) is 26.8 Å². The van der Waals surface area contributed by atoms with E-state index < -0.39 is 0 Å². The number of pyridine rings is 1. The van der Waals surface area contributed by atoms with Crippen molar-refractivity contribution < 1.29 is 9.13 Å². The van der Waals surface area contributed by atoms with Crippen LogP contribution in [0.4, 0.5) is 4.39 Å². The van der Waals surface area contributed by atoms with Crippen LogP contribution in [0.1, 0.15) is 22.4 Å². The molecule has 0 unspecified atom stereocenters. The van der Waals surface area contributed by atoms with Crippen molar-refractivity contribution in [3.05, 3.63) is 95.1 Å². The number of nitrogens with zero attached hydrogens (tertiary/aromatic N) is 2. The van der Waals surface area contributed by atoms with Crippen LogP contribution in [0, 0.1) is 19.7 Å². The second kappa shape index (κ2) is 7.85. The third-order valence-corrected chi connectivity index (χ3v) is 5.24. The summed E-state index contributed by atoms with van der Waals surface area (Å²) in [7, 11) is 0. The number of fused-ring (bicyclic) bond motifs is 1. The molecule has 2 aromatic heterocycles. The Kier molecular flexibility index (Phi) is 5.11. The van der Waals surface area contributed by atoms with Gasteiger partial charge in [-0.05, 0) is 48.7 Å². The molecule has 0 amide bonds. The zero-order valence-electron chi connectivity index (χ0n) is 16.2. The number of ether oxygens (including phenoxy) is 1. The molecule has 0 bridgehead atoms. The number of aryl methyl sites for hydroxylation is 1. The third kappa shape index (κ3) is 3.63. The lowest BCUT2D eigenvalue weighted by Crippen LogP contribution is -2.07. The molecule has 0 aliphatic rings. The molecule has 2 aromatic carbocycles. The smallest absolute Gasteiger partial charge is 0.238 e. The van der Waals surface area contributed by atoms with Gasteiger partial charge in [0.25, 0.3) is 0 Å². The Hall–Kier alpha value is -3.14. The van der Waals surface area contributed by atoms with Gasteiger partial charge in [0.1, 0.15) is 11.3 Å². The Balaban J connectivity index is 1.62. The Morgan fingerprint density at radius 1 is 0.929 bits per heavy atom. The second-order valence-electron chi connectivity index (χ2n) is 7.02. The van der Waals surface area contributed by atoms with Gasteiger partial charge >= 0.3 is 0 Å². The minimum absolute atomic E-state index is 0.221. The summed E-state index contributed by atoms with van der Waals surface area (Å²) in [6.07, 6.45) is 2.50. The van der Waals surface area contributed by atoms with Gasteiger partial charge in [0, 0.05) is 30.2 Å². The first kappa shape index (κ1) is 18.2. The summed E-state index contributed by atoms with van der Waals surface area (Å²) in [4.78, 5) is 4.51. The van der Waals surface area contributed by atoms with Gasteiger partial charge in [-0.15, -0.1) is 0 Å². The first-order valence-electron chi connectivity index (χ1n) is 9.49. The van der Waals surface area contributed by atoms with E-state index in [9.17, 15) is 4.39 Å². The maximum atomic E-state index is 13.1. The fraction of sp³-hybridized carbons (Fsp3) is 0.208. The Bertz CT molecular complexity index is 1090. The van der Waals surface area contributed by atoms with Crippen LogP contribution in [0.25, 0.3) is 10.9 Å². The summed E-state index contributed by atoms with van der Waals surface area (Å²) >= 11 is 0. The average Bonchev–Trinajstić information content (AvgIpc) is 2.96. The molecule has 4 rings (SSSR count). The number of rotatable bonds is 6. The molecule has 0 aliphatic heterocycles. The van der Waals surface area contributed by atoms with Crippen LogP contribution in [0.15, 0.2) is 66.9 Å². The Morgan fingerprint density at radius 2 is 1.68 bits per heavy atom. The van der Waals surface area contributed by atoms with Crippen molar-refractivity contribution in [2.75, 3.05) is 6.61 Å². The third-order valence-electron chi connectivity index (χ3n) is 5.24. The van der Waals surface area contributed by atoms with Crippen LogP contribution in [0.2, 0.25) is 0 Å². The van der Waals surface area contributed by atoms with Gasteiger partial charge < -0.3 is 9.30 Å². The van der Waals surface area contributed by atoms with Gasteiger partial charge in [0.15, 0.2) is 0 Å². The van der Waals surface area contributed by atoms with E-state index >= 15 is 0 Å². The molecule has 0 aliphatic carbocycles. The molecule has 2 heterocycles. The van der Waals surface area contributed by atoms with Crippen molar-refractivity contribution in [1.82, 2.24) is 9.55 Å². The number of halogens is 1. The van der Waals surface area contributed by atoms with E-state index in [0.717, 1.165) is 17.6 Å². The molecular formula is C24H23FN2O. The highest BCUT2D eigenvalue weighted by molar-refractivity contribution is 5.89.